The van der Waals surface area contributed by atoms with Gasteiger partial charge in [-0.25, -0.2) is 0 Å². The first-order valence-electron chi connectivity index (χ1n) is 9.63. The van der Waals surface area contributed by atoms with Gasteiger partial charge in [0, 0.05) is 17.7 Å². The van der Waals surface area contributed by atoms with E-state index in [4.69, 9.17) is 9.47 Å². The number of Topliss-reactive ketones (excluding diaryl/α,β-unsaturated/α-hetero) is 1. The van der Waals surface area contributed by atoms with E-state index < -0.39 is 0 Å². The van der Waals surface area contributed by atoms with Crippen molar-refractivity contribution in [3.63, 3.8) is 0 Å². The lowest BCUT2D eigenvalue weighted by Crippen LogP contribution is -2.21. The first-order valence-corrected chi connectivity index (χ1v) is 10.5. The van der Waals surface area contributed by atoms with Crippen LogP contribution in [0.3, 0.4) is 0 Å². The molecule has 1 fully saturated rings. The second-order valence-corrected chi connectivity index (χ2v) is 8.06. The van der Waals surface area contributed by atoms with Gasteiger partial charge in [-0.05, 0) is 49.2 Å². The smallest absolute Gasteiger partial charge is 0.196 e. The largest absolute Gasteiger partial charge is 0.497 e. The van der Waals surface area contributed by atoms with E-state index in [0.717, 1.165) is 42.0 Å². The van der Waals surface area contributed by atoms with Crippen LogP contribution in [0.15, 0.2) is 53.7 Å². The number of aromatic nitrogens is 3. The van der Waals surface area contributed by atoms with Crippen molar-refractivity contribution in [1.29, 1.82) is 0 Å². The van der Waals surface area contributed by atoms with Crippen LogP contribution in [0.2, 0.25) is 0 Å². The number of thioether (sulfide) groups is 1. The highest BCUT2D eigenvalue weighted by atomic mass is 32.2. The number of carbonyl (C=O) groups is 1. The van der Waals surface area contributed by atoms with Gasteiger partial charge in [0.1, 0.15) is 17.3 Å². The molecule has 0 saturated heterocycles. The fourth-order valence-electron chi connectivity index (χ4n) is 3.46. The van der Waals surface area contributed by atoms with Gasteiger partial charge in [-0.2, -0.15) is 0 Å². The summed E-state index contributed by atoms with van der Waals surface area (Å²) < 4.78 is 12.7. The van der Waals surface area contributed by atoms with Crippen LogP contribution in [0.1, 0.15) is 25.7 Å². The van der Waals surface area contributed by atoms with Crippen molar-refractivity contribution in [2.75, 3.05) is 14.2 Å². The fourth-order valence-corrected chi connectivity index (χ4v) is 4.64. The summed E-state index contributed by atoms with van der Waals surface area (Å²) in [7, 11) is 3.29. The zero-order chi connectivity index (χ0) is 20.2. The summed E-state index contributed by atoms with van der Waals surface area (Å²) in [6.45, 7) is 0. The molecule has 6 nitrogen and oxygen atoms in total. The molecule has 0 unspecified atom stereocenters. The van der Waals surface area contributed by atoms with Crippen molar-refractivity contribution in [2.45, 2.75) is 36.1 Å². The van der Waals surface area contributed by atoms with Gasteiger partial charge in [0.25, 0.3) is 0 Å². The minimum atomic E-state index is -0.0666. The molecule has 29 heavy (non-hydrogen) atoms. The molecule has 1 heterocycles. The Morgan fingerprint density at radius 3 is 2.52 bits per heavy atom. The Bertz CT molecular complexity index is 1000. The Balaban J connectivity index is 1.78. The summed E-state index contributed by atoms with van der Waals surface area (Å²) in [5, 5.41) is 9.56. The Morgan fingerprint density at radius 2 is 1.79 bits per heavy atom. The maximum Gasteiger partial charge on any atom is 0.196 e. The van der Waals surface area contributed by atoms with E-state index in [0.29, 0.717) is 23.2 Å². The number of rotatable bonds is 6. The number of methoxy groups -OCH3 is 2. The number of hydrogen-bond donors (Lipinski definition) is 0. The highest BCUT2D eigenvalue weighted by Gasteiger charge is 2.27. The molecule has 0 spiro atoms. The average molecular weight is 410 g/mol. The predicted octanol–water partition coefficient (Wildman–Crippen LogP) is 4.56. The molecule has 2 aromatic carbocycles. The normalized spacial score (nSPS) is 16.6. The molecule has 1 aliphatic carbocycles. The molecular weight excluding hydrogens is 386 g/mol. The predicted molar refractivity (Wildman–Crippen MR) is 113 cm³/mol. The van der Waals surface area contributed by atoms with Crippen LogP contribution in [0.25, 0.3) is 17.1 Å². The second-order valence-electron chi connectivity index (χ2n) is 6.89. The zero-order valence-corrected chi connectivity index (χ0v) is 17.3. The maximum atomic E-state index is 12.4. The minimum Gasteiger partial charge on any atom is -0.497 e. The van der Waals surface area contributed by atoms with Crippen LogP contribution in [-0.4, -0.2) is 40.0 Å². The van der Waals surface area contributed by atoms with E-state index in [2.05, 4.69) is 10.2 Å². The highest BCUT2D eigenvalue weighted by molar-refractivity contribution is 8.00. The van der Waals surface area contributed by atoms with Crippen molar-refractivity contribution in [1.82, 2.24) is 14.8 Å². The second kappa shape index (κ2) is 8.69. The van der Waals surface area contributed by atoms with Crippen molar-refractivity contribution in [3.05, 3.63) is 48.5 Å². The van der Waals surface area contributed by atoms with Crippen molar-refractivity contribution < 1.29 is 14.3 Å². The molecule has 0 N–H and O–H groups in total. The summed E-state index contributed by atoms with van der Waals surface area (Å²) in [5.41, 5.74) is 1.81. The average Bonchev–Trinajstić information content (AvgIpc) is 3.19. The molecule has 1 aliphatic rings. The molecule has 0 bridgehead atoms. The Kier molecular flexibility index (Phi) is 5.85. The standard InChI is InChI=1S/C22H23N3O3S/c1-27-17-12-10-16(11-13-17)25-21(15-6-5-7-18(14-15)28-2)23-24-22(25)29-20-9-4-3-8-19(20)26/h5-7,10-14,20H,3-4,8-9H2,1-2H3/t20-/m0/s1. The van der Waals surface area contributed by atoms with E-state index >= 15 is 0 Å². The lowest BCUT2D eigenvalue weighted by molar-refractivity contribution is -0.119. The first kappa shape index (κ1) is 19.5. The van der Waals surface area contributed by atoms with Gasteiger partial charge in [-0.1, -0.05) is 30.3 Å². The number of ether oxygens (including phenoxy) is 2. The molecule has 1 aromatic heterocycles. The van der Waals surface area contributed by atoms with Crippen molar-refractivity contribution in [3.8, 4) is 28.6 Å². The van der Waals surface area contributed by atoms with Crippen LogP contribution in [-0.2, 0) is 4.79 Å². The van der Waals surface area contributed by atoms with Crippen LogP contribution in [0.5, 0.6) is 11.5 Å². The van der Waals surface area contributed by atoms with Gasteiger partial charge in [0.05, 0.1) is 19.5 Å². The van der Waals surface area contributed by atoms with Gasteiger partial charge in [-0.15, -0.1) is 10.2 Å². The van der Waals surface area contributed by atoms with Gasteiger partial charge < -0.3 is 9.47 Å². The molecule has 1 saturated carbocycles. The number of carbonyl (C=O) groups excluding carboxylic acids is 1. The van der Waals surface area contributed by atoms with Gasteiger partial charge >= 0.3 is 0 Å². The third-order valence-corrected chi connectivity index (χ3v) is 6.30. The van der Waals surface area contributed by atoms with Crippen LogP contribution in [0, 0.1) is 0 Å². The lowest BCUT2D eigenvalue weighted by atomic mass is 9.99. The van der Waals surface area contributed by atoms with Gasteiger partial charge in [0.15, 0.2) is 11.0 Å². The number of nitrogens with zero attached hydrogens (tertiary/aromatic N) is 3. The molecule has 1 atom stereocenters. The Hall–Kier alpha value is -2.80. The SMILES string of the molecule is COc1ccc(-n2c(S[C@H]3CCCCC3=O)nnc2-c2cccc(OC)c2)cc1. The molecular formula is C22H23N3O3S. The van der Waals surface area contributed by atoms with Crippen molar-refractivity contribution >= 4 is 17.5 Å². The van der Waals surface area contributed by atoms with E-state index in [1.54, 1.807) is 14.2 Å². The molecule has 0 amide bonds. The molecule has 0 radical (unpaired) electrons. The minimum absolute atomic E-state index is 0.0666. The summed E-state index contributed by atoms with van der Waals surface area (Å²) in [6, 6.07) is 15.5. The summed E-state index contributed by atoms with van der Waals surface area (Å²) in [6.07, 6.45) is 3.59. The lowest BCUT2D eigenvalue weighted by Gasteiger charge is -2.20. The fraction of sp³-hybridized carbons (Fsp3) is 0.318. The summed E-state index contributed by atoms with van der Waals surface area (Å²) in [5.74, 6) is 2.54. The molecule has 150 valence electrons. The molecule has 7 heteroatoms. The summed E-state index contributed by atoms with van der Waals surface area (Å²) >= 11 is 1.51. The maximum absolute atomic E-state index is 12.4. The van der Waals surface area contributed by atoms with Crippen LogP contribution >= 0.6 is 11.8 Å². The first-order chi connectivity index (χ1) is 14.2. The van der Waals surface area contributed by atoms with E-state index in [1.165, 1.54) is 11.8 Å². The summed E-state index contributed by atoms with van der Waals surface area (Å²) in [4.78, 5) is 12.4. The number of benzene rings is 2. The van der Waals surface area contributed by atoms with Gasteiger partial charge in [-0.3, -0.25) is 9.36 Å². The van der Waals surface area contributed by atoms with Crippen LogP contribution < -0.4 is 9.47 Å². The van der Waals surface area contributed by atoms with Crippen molar-refractivity contribution in [2.24, 2.45) is 0 Å². The Morgan fingerprint density at radius 1 is 1.00 bits per heavy atom. The zero-order valence-electron chi connectivity index (χ0n) is 16.5. The highest BCUT2D eigenvalue weighted by Crippen LogP contribution is 2.35. The monoisotopic (exact) mass is 409 g/mol. The van der Waals surface area contributed by atoms with Crippen LogP contribution in [0.4, 0.5) is 0 Å². The molecule has 0 aliphatic heterocycles. The number of hydrogen-bond acceptors (Lipinski definition) is 6. The third-order valence-electron chi connectivity index (χ3n) is 5.04. The van der Waals surface area contributed by atoms with Gasteiger partial charge in [0.2, 0.25) is 0 Å². The quantitative estimate of drug-likeness (QED) is 0.595. The Labute approximate surface area is 174 Å². The molecule has 3 aromatic rings. The van der Waals surface area contributed by atoms with E-state index in [9.17, 15) is 4.79 Å². The topological polar surface area (TPSA) is 66.2 Å². The van der Waals surface area contributed by atoms with E-state index in [-0.39, 0.29) is 5.25 Å². The van der Waals surface area contributed by atoms with E-state index in [1.807, 2.05) is 53.1 Å². The molecule has 4 rings (SSSR count). The third kappa shape index (κ3) is 4.15. The number of ketones is 1.